The number of hydrogen-bond acceptors (Lipinski definition) is 4. The molecule has 0 atom stereocenters. The van der Waals surface area contributed by atoms with E-state index in [1.165, 1.54) is 17.0 Å². The number of phenolic OH excluding ortho intramolecular Hbond substituents is 1. The fourth-order valence-corrected chi connectivity index (χ4v) is 1.82. The third kappa shape index (κ3) is 2.97. The lowest BCUT2D eigenvalue weighted by Crippen LogP contribution is -2.51. The molecule has 4 N–H and O–H groups in total. The Bertz CT molecular complexity index is 572. The van der Waals surface area contributed by atoms with Gasteiger partial charge in [0.05, 0.1) is 11.3 Å². The Labute approximate surface area is 114 Å². The molecule has 0 saturated carbocycles. The van der Waals surface area contributed by atoms with Gasteiger partial charge in [0.1, 0.15) is 12.3 Å². The van der Waals surface area contributed by atoms with E-state index in [4.69, 9.17) is 5.11 Å². The Morgan fingerprint density at radius 3 is 2.75 bits per heavy atom. The Morgan fingerprint density at radius 1 is 1.35 bits per heavy atom. The standard InChI is InChI=1S/C12H13N3O5/c16-7-1-2-9(8(5-7)11(18)19)14-12(20)15-4-3-13-10(17)6-15/h1-2,5,16H,3-4,6H2,(H,13,17)(H,14,20)(H,18,19). The van der Waals surface area contributed by atoms with E-state index in [9.17, 15) is 19.5 Å². The Balaban J connectivity index is 2.15. The van der Waals surface area contributed by atoms with Crippen LogP contribution < -0.4 is 10.6 Å². The average Bonchev–Trinajstić information content (AvgIpc) is 2.40. The van der Waals surface area contributed by atoms with Crippen molar-refractivity contribution in [2.75, 3.05) is 25.0 Å². The minimum absolute atomic E-state index is 0.0614. The molecule has 1 aromatic carbocycles. The van der Waals surface area contributed by atoms with Gasteiger partial charge in [0.25, 0.3) is 0 Å². The summed E-state index contributed by atoms with van der Waals surface area (Å²) in [6.07, 6.45) is 0. The maximum Gasteiger partial charge on any atom is 0.337 e. The first-order chi connectivity index (χ1) is 9.47. The van der Waals surface area contributed by atoms with Gasteiger partial charge in [0.2, 0.25) is 5.91 Å². The van der Waals surface area contributed by atoms with Crippen LogP contribution in [0.25, 0.3) is 0 Å². The average molecular weight is 279 g/mol. The first-order valence-corrected chi connectivity index (χ1v) is 5.86. The normalized spacial score (nSPS) is 14.6. The van der Waals surface area contributed by atoms with Crippen molar-refractivity contribution in [3.63, 3.8) is 0 Å². The highest BCUT2D eigenvalue weighted by Crippen LogP contribution is 2.21. The van der Waals surface area contributed by atoms with Crippen molar-refractivity contribution >= 4 is 23.6 Å². The van der Waals surface area contributed by atoms with Crippen LogP contribution >= 0.6 is 0 Å². The van der Waals surface area contributed by atoms with Crippen LogP contribution in [-0.2, 0) is 4.79 Å². The quantitative estimate of drug-likeness (QED) is 0.570. The van der Waals surface area contributed by atoms with Gasteiger partial charge in [-0.1, -0.05) is 0 Å². The van der Waals surface area contributed by atoms with E-state index in [0.29, 0.717) is 13.1 Å². The van der Waals surface area contributed by atoms with Gasteiger partial charge >= 0.3 is 12.0 Å². The first-order valence-electron chi connectivity index (χ1n) is 5.86. The molecule has 20 heavy (non-hydrogen) atoms. The second-order valence-electron chi connectivity index (χ2n) is 4.24. The number of carbonyl (C=O) groups excluding carboxylic acids is 2. The SMILES string of the molecule is O=C1CN(C(=O)Nc2ccc(O)cc2C(=O)O)CCN1. The monoisotopic (exact) mass is 279 g/mol. The Kier molecular flexibility index (Phi) is 3.74. The molecule has 1 aliphatic rings. The molecule has 0 unspecified atom stereocenters. The number of carboxylic acid groups (broad SMARTS) is 1. The van der Waals surface area contributed by atoms with Gasteiger partial charge in [-0.15, -0.1) is 0 Å². The van der Waals surface area contributed by atoms with Gasteiger partial charge in [-0.2, -0.15) is 0 Å². The van der Waals surface area contributed by atoms with Gasteiger partial charge in [-0.25, -0.2) is 9.59 Å². The van der Waals surface area contributed by atoms with Crippen LogP contribution in [0.2, 0.25) is 0 Å². The summed E-state index contributed by atoms with van der Waals surface area (Å²) in [6.45, 7) is 0.623. The number of amides is 3. The summed E-state index contributed by atoms with van der Waals surface area (Å²) in [4.78, 5) is 35.5. The smallest absolute Gasteiger partial charge is 0.337 e. The number of phenols is 1. The number of aromatic carboxylic acids is 1. The molecule has 106 valence electrons. The van der Waals surface area contributed by atoms with Crippen LogP contribution in [0.1, 0.15) is 10.4 Å². The fourth-order valence-electron chi connectivity index (χ4n) is 1.82. The third-order valence-electron chi connectivity index (χ3n) is 2.80. The highest BCUT2D eigenvalue weighted by Gasteiger charge is 2.22. The number of nitrogens with zero attached hydrogens (tertiary/aromatic N) is 1. The molecule has 0 spiro atoms. The van der Waals surface area contributed by atoms with E-state index in [0.717, 1.165) is 6.07 Å². The molecular formula is C12H13N3O5. The van der Waals surface area contributed by atoms with Gasteiger partial charge in [-0.05, 0) is 18.2 Å². The highest BCUT2D eigenvalue weighted by atomic mass is 16.4. The number of carbonyl (C=O) groups is 3. The lowest BCUT2D eigenvalue weighted by molar-refractivity contribution is -0.123. The van der Waals surface area contributed by atoms with Crippen molar-refractivity contribution in [3.8, 4) is 5.75 Å². The van der Waals surface area contributed by atoms with Crippen LogP contribution in [0.4, 0.5) is 10.5 Å². The van der Waals surface area contributed by atoms with Crippen molar-refractivity contribution in [1.29, 1.82) is 0 Å². The number of rotatable bonds is 2. The molecule has 1 saturated heterocycles. The second kappa shape index (κ2) is 5.47. The van der Waals surface area contributed by atoms with E-state index in [2.05, 4.69) is 10.6 Å². The molecule has 8 heteroatoms. The van der Waals surface area contributed by atoms with E-state index in [-0.39, 0.29) is 29.5 Å². The second-order valence-corrected chi connectivity index (χ2v) is 4.24. The molecule has 2 rings (SSSR count). The molecular weight excluding hydrogens is 266 g/mol. The summed E-state index contributed by atoms with van der Waals surface area (Å²) in [7, 11) is 0. The molecule has 1 fully saturated rings. The maximum absolute atomic E-state index is 12.0. The molecule has 0 aliphatic carbocycles. The maximum atomic E-state index is 12.0. The van der Waals surface area contributed by atoms with Crippen molar-refractivity contribution < 1.29 is 24.6 Å². The number of hydrogen-bond donors (Lipinski definition) is 4. The van der Waals surface area contributed by atoms with Crippen LogP contribution in [0.15, 0.2) is 18.2 Å². The summed E-state index contributed by atoms with van der Waals surface area (Å²) < 4.78 is 0. The molecule has 3 amide bonds. The molecule has 1 aliphatic heterocycles. The lowest BCUT2D eigenvalue weighted by Gasteiger charge is -2.27. The molecule has 0 radical (unpaired) electrons. The number of carboxylic acids is 1. The zero-order valence-electron chi connectivity index (χ0n) is 10.4. The fraction of sp³-hybridized carbons (Fsp3) is 0.250. The number of piperazine rings is 1. The largest absolute Gasteiger partial charge is 0.508 e. The lowest BCUT2D eigenvalue weighted by atomic mass is 10.1. The number of aromatic hydroxyl groups is 1. The predicted octanol–water partition coefficient (Wildman–Crippen LogP) is 0.0541. The molecule has 1 heterocycles. The van der Waals surface area contributed by atoms with E-state index in [1.54, 1.807) is 0 Å². The van der Waals surface area contributed by atoms with Gasteiger partial charge < -0.3 is 25.7 Å². The van der Waals surface area contributed by atoms with Crippen molar-refractivity contribution in [1.82, 2.24) is 10.2 Å². The summed E-state index contributed by atoms with van der Waals surface area (Å²) in [6, 6.07) is 3.04. The zero-order chi connectivity index (χ0) is 14.7. The Morgan fingerprint density at radius 2 is 2.10 bits per heavy atom. The Hall–Kier alpha value is -2.77. The topological polar surface area (TPSA) is 119 Å². The molecule has 0 aromatic heterocycles. The van der Waals surface area contributed by atoms with Gasteiger partial charge in [0, 0.05) is 13.1 Å². The number of benzene rings is 1. The molecule has 8 nitrogen and oxygen atoms in total. The predicted molar refractivity (Wildman–Crippen MR) is 68.7 cm³/mol. The van der Waals surface area contributed by atoms with Gasteiger partial charge in [0.15, 0.2) is 0 Å². The van der Waals surface area contributed by atoms with Crippen molar-refractivity contribution in [3.05, 3.63) is 23.8 Å². The van der Waals surface area contributed by atoms with Crippen LogP contribution in [0.3, 0.4) is 0 Å². The summed E-state index contributed by atoms with van der Waals surface area (Å²) in [5, 5.41) is 23.3. The first kappa shape index (κ1) is 13.7. The number of urea groups is 1. The molecule has 1 aromatic rings. The summed E-state index contributed by atoms with van der Waals surface area (Å²) in [5.41, 5.74) is -0.161. The van der Waals surface area contributed by atoms with Crippen LogP contribution in [0, 0.1) is 0 Å². The summed E-state index contributed by atoms with van der Waals surface area (Å²) >= 11 is 0. The third-order valence-corrected chi connectivity index (χ3v) is 2.80. The minimum atomic E-state index is -1.27. The van der Waals surface area contributed by atoms with Crippen LogP contribution in [0.5, 0.6) is 5.75 Å². The van der Waals surface area contributed by atoms with E-state index < -0.39 is 12.0 Å². The minimum Gasteiger partial charge on any atom is -0.508 e. The van der Waals surface area contributed by atoms with Crippen LogP contribution in [-0.4, -0.2) is 52.7 Å². The van der Waals surface area contributed by atoms with E-state index >= 15 is 0 Å². The molecule has 0 bridgehead atoms. The van der Waals surface area contributed by atoms with Crippen molar-refractivity contribution in [2.24, 2.45) is 0 Å². The van der Waals surface area contributed by atoms with Gasteiger partial charge in [-0.3, -0.25) is 4.79 Å². The van der Waals surface area contributed by atoms with E-state index in [1.807, 2.05) is 0 Å². The summed E-state index contributed by atoms with van der Waals surface area (Å²) in [5.74, 6) is -1.75. The highest BCUT2D eigenvalue weighted by molar-refractivity contribution is 6.01. The zero-order valence-corrected chi connectivity index (χ0v) is 10.4. The van der Waals surface area contributed by atoms with Crippen molar-refractivity contribution in [2.45, 2.75) is 0 Å². The number of anilines is 1. The number of nitrogens with one attached hydrogen (secondary N) is 2.